The van der Waals surface area contributed by atoms with Crippen LogP contribution >= 0.6 is 0 Å². The van der Waals surface area contributed by atoms with Gasteiger partial charge >= 0.3 is 5.97 Å². The maximum absolute atomic E-state index is 12.0. The van der Waals surface area contributed by atoms with Crippen LogP contribution in [0.1, 0.15) is 37.0 Å². The van der Waals surface area contributed by atoms with Crippen LogP contribution in [0.2, 0.25) is 0 Å². The molecule has 1 aromatic carbocycles. The van der Waals surface area contributed by atoms with Gasteiger partial charge < -0.3 is 19.5 Å². The number of methoxy groups -OCH3 is 2. The molecule has 0 fully saturated rings. The molecule has 22 heavy (non-hydrogen) atoms. The number of rotatable bonds is 8. The Kier molecular flexibility index (Phi) is 7.22. The summed E-state index contributed by atoms with van der Waals surface area (Å²) in [6.07, 6.45) is 1.86. The van der Waals surface area contributed by atoms with Gasteiger partial charge in [-0.1, -0.05) is 13.3 Å². The number of nitrogens with one attached hydrogen (secondary N) is 1. The van der Waals surface area contributed by atoms with Crippen molar-refractivity contribution < 1.29 is 23.8 Å². The number of carbonyl (C=O) groups is 2. The molecule has 0 saturated heterocycles. The van der Waals surface area contributed by atoms with E-state index < -0.39 is 5.97 Å². The second kappa shape index (κ2) is 8.92. The number of esters is 1. The molecule has 6 heteroatoms. The molecule has 0 bridgehead atoms. The lowest BCUT2D eigenvalue weighted by molar-refractivity contribution is -0.124. The van der Waals surface area contributed by atoms with Crippen molar-refractivity contribution in [1.29, 1.82) is 0 Å². The lowest BCUT2D eigenvalue weighted by Crippen LogP contribution is -2.35. The van der Waals surface area contributed by atoms with Gasteiger partial charge in [0.15, 0.2) is 6.61 Å². The largest absolute Gasteiger partial charge is 0.497 e. The van der Waals surface area contributed by atoms with Crippen molar-refractivity contribution in [2.24, 2.45) is 0 Å². The molecule has 0 aliphatic heterocycles. The van der Waals surface area contributed by atoms with Crippen LogP contribution in [0.25, 0.3) is 0 Å². The number of amides is 1. The fourth-order valence-electron chi connectivity index (χ4n) is 2.00. The smallest absolute Gasteiger partial charge is 0.342 e. The molecular weight excluding hydrogens is 286 g/mol. The van der Waals surface area contributed by atoms with Gasteiger partial charge in [-0.25, -0.2) is 4.79 Å². The van der Waals surface area contributed by atoms with Gasteiger partial charge in [0.1, 0.15) is 17.1 Å². The molecule has 1 N–H and O–H groups in total. The Bertz CT molecular complexity index is 515. The monoisotopic (exact) mass is 309 g/mol. The van der Waals surface area contributed by atoms with Crippen molar-refractivity contribution in [2.75, 3.05) is 20.8 Å². The van der Waals surface area contributed by atoms with Gasteiger partial charge in [-0.05, 0) is 25.5 Å². The summed E-state index contributed by atoms with van der Waals surface area (Å²) in [5.41, 5.74) is 0.248. The normalized spacial score (nSPS) is 11.5. The van der Waals surface area contributed by atoms with Crippen molar-refractivity contribution in [3.05, 3.63) is 23.8 Å². The lowest BCUT2D eigenvalue weighted by atomic mass is 10.2. The Balaban J connectivity index is 2.60. The van der Waals surface area contributed by atoms with Crippen LogP contribution in [0.5, 0.6) is 11.5 Å². The van der Waals surface area contributed by atoms with Crippen molar-refractivity contribution in [1.82, 2.24) is 5.32 Å². The standard InChI is InChI=1S/C16H23NO5/c1-5-6-11(2)17-15(18)10-22-16(19)13-8-7-12(20-3)9-14(13)21-4/h7-9,11H,5-6,10H2,1-4H3,(H,17,18)/t11-/m0/s1. The van der Waals surface area contributed by atoms with Crippen LogP contribution in [0.4, 0.5) is 0 Å². The van der Waals surface area contributed by atoms with E-state index in [4.69, 9.17) is 14.2 Å². The van der Waals surface area contributed by atoms with Crippen molar-refractivity contribution >= 4 is 11.9 Å². The summed E-state index contributed by atoms with van der Waals surface area (Å²) in [5.74, 6) is -0.0248. The first-order valence-electron chi connectivity index (χ1n) is 7.20. The second-order valence-electron chi connectivity index (χ2n) is 4.90. The van der Waals surface area contributed by atoms with Gasteiger partial charge in [-0.15, -0.1) is 0 Å². The van der Waals surface area contributed by atoms with Crippen molar-refractivity contribution in [3.8, 4) is 11.5 Å². The summed E-state index contributed by atoms with van der Waals surface area (Å²) in [6.45, 7) is 3.64. The zero-order valence-corrected chi connectivity index (χ0v) is 13.5. The van der Waals surface area contributed by atoms with E-state index >= 15 is 0 Å². The number of ether oxygens (including phenoxy) is 3. The fourth-order valence-corrected chi connectivity index (χ4v) is 2.00. The average molecular weight is 309 g/mol. The van der Waals surface area contributed by atoms with E-state index in [1.807, 2.05) is 13.8 Å². The molecule has 0 heterocycles. The van der Waals surface area contributed by atoms with E-state index in [0.717, 1.165) is 12.8 Å². The van der Waals surface area contributed by atoms with Crippen LogP contribution in [0, 0.1) is 0 Å². The van der Waals surface area contributed by atoms with Gasteiger partial charge in [0, 0.05) is 12.1 Å². The molecule has 0 aromatic heterocycles. The predicted molar refractivity (Wildman–Crippen MR) is 82.3 cm³/mol. The van der Waals surface area contributed by atoms with Gasteiger partial charge in [-0.3, -0.25) is 4.79 Å². The third kappa shape index (κ3) is 5.27. The number of hydrogen-bond donors (Lipinski definition) is 1. The highest BCUT2D eigenvalue weighted by Crippen LogP contribution is 2.25. The van der Waals surface area contributed by atoms with Crippen LogP contribution in [-0.4, -0.2) is 38.7 Å². The molecule has 1 rings (SSSR count). The molecule has 122 valence electrons. The molecule has 0 saturated carbocycles. The number of benzene rings is 1. The second-order valence-corrected chi connectivity index (χ2v) is 4.90. The zero-order chi connectivity index (χ0) is 16.5. The van der Waals surface area contributed by atoms with E-state index in [1.54, 1.807) is 12.1 Å². The molecule has 0 radical (unpaired) electrons. The minimum atomic E-state index is -0.613. The molecule has 0 aliphatic carbocycles. The van der Waals surface area contributed by atoms with Gasteiger partial charge in [0.25, 0.3) is 5.91 Å². The molecule has 0 spiro atoms. The molecule has 1 amide bonds. The van der Waals surface area contributed by atoms with E-state index in [1.165, 1.54) is 20.3 Å². The average Bonchev–Trinajstić information content (AvgIpc) is 2.52. The summed E-state index contributed by atoms with van der Waals surface area (Å²) < 4.78 is 15.2. The summed E-state index contributed by atoms with van der Waals surface area (Å²) in [7, 11) is 2.97. The van der Waals surface area contributed by atoms with Crippen LogP contribution < -0.4 is 14.8 Å². The fraction of sp³-hybridized carbons (Fsp3) is 0.500. The summed E-state index contributed by atoms with van der Waals surface area (Å²) in [4.78, 5) is 23.7. The summed E-state index contributed by atoms with van der Waals surface area (Å²) in [6, 6.07) is 4.81. The van der Waals surface area contributed by atoms with Crippen molar-refractivity contribution in [3.63, 3.8) is 0 Å². The highest BCUT2D eigenvalue weighted by atomic mass is 16.5. The topological polar surface area (TPSA) is 73.9 Å². The Hall–Kier alpha value is -2.24. The molecule has 6 nitrogen and oxygen atoms in total. The quantitative estimate of drug-likeness (QED) is 0.745. The minimum Gasteiger partial charge on any atom is -0.497 e. The first kappa shape index (κ1) is 17.8. The third-order valence-corrected chi connectivity index (χ3v) is 3.09. The van der Waals surface area contributed by atoms with Crippen LogP contribution in [0.3, 0.4) is 0 Å². The van der Waals surface area contributed by atoms with Gasteiger partial charge in [0.2, 0.25) is 0 Å². The van der Waals surface area contributed by atoms with E-state index in [0.29, 0.717) is 11.5 Å². The SMILES string of the molecule is CCC[C@H](C)NC(=O)COC(=O)c1ccc(OC)cc1OC. The van der Waals surface area contributed by atoms with Gasteiger partial charge in [0.05, 0.1) is 14.2 Å². The summed E-state index contributed by atoms with van der Waals surface area (Å²) in [5, 5.41) is 2.77. The predicted octanol–water partition coefficient (Wildman–Crippen LogP) is 2.17. The third-order valence-electron chi connectivity index (χ3n) is 3.09. The molecule has 1 atom stereocenters. The highest BCUT2D eigenvalue weighted by Gasteiger charge is 2.16. The van der Waals surface area contributed by atoms with Crippen molar-refractivity contribution in [2.45, 2.75) is 32.7 Å². The Morgan fingerprint density at radius 2 is 1.95 bits per heavy atom. The molecular formula is C16H23NO5. The Labute approximate surface area is 130 Å². The number of hydrogen-bond acceptors (Lipinski definition) is 5. The van der Waals surface area contributed by atoms with Crippen LogP contribution in [0.15, 0.2) is 18.2 Å². The van der Waals surface area contributed by atoms with Gasteiger partial charge in [-0.2, -0.15) is 0 Å². The lowest BCUT2D eigenvalue weighted by Gasteiger charge is -2.13. The maximum Gasteiger partial charge on any atom is 0.342 e. The highest BCUT2D eigenvalue weighted by molar-refractivity contribution is 5.94. The van der Waals surface area contributed by atoms with E-state index in [2.05, 4.69) is 5.32 Å². The molecule has 0 unspecified atom stereocenters. The first-order valence-corrected chi connectivity index (χ1v) is 7.20. The Morgan fingerprint density at radius 3 is 2.55 bits per heavy atom. The maximum atomic E-state index is 12.0. The minimum absolute atomic E-state index is 0.0618. The van der Waals surface area contributed by atoms with E-state index in [9.17, 15) is 9.59 Å². The Morgan fingerprint density at radius 1 is 1.23 bits per heavy atom. The summed E-state index contributed by atoms with van der Waals surface area (Å²) >= 11 is 0. The zero-order valence-electron chi connectivity index (χ0n) is 13.5. The van der Waals surface area contributed by atoms with E-state index in [-0.39, 0.29) is 24.1 Å². The number of carbonyl (C=O) groups excluding carboxylic acids is 2. The van der Waals surface area contributed by atoms with Crippen LogP contribution in [-0.2, 0) is 9.53 Å². The molecule has 0 aliphatic rings. The first-order chi connectivity index (χ1) is 10.5. The molecule has 1 aromatic rings.